The molecule has 2 amide bonds. The standard InChI is InChI=1S/C27H38N2O3.C27H38N2O2.C21H28N2O/c1-17-11-12-21(15-17)23-14-13-22(19(3)28-23)25(30)24(29-26(31)32-27(4,5)6)16-20-10-8-7-9-18(20)2;1-18-11-12-23(15-18)25-14-13-22(20(3)28-25)17-24(29-26(30)31-27(4,5)6)16-21-10-8-7-9-19(21)2;1-14-7-8-17(11-14)20-10-9-16(15(2)23-20)12-19(22)13-18-5-3-4-6-21(18)24/h7-10,13-14,17,21,24-25,30H,11-12,15-16H2,1-6H3,(H,29,31);7-10,13-14,18,23-24H,11-12,15-17H2,1-6H3,(H,29,30);3-6,9-10,14,17,19,24H,7-8,11-13,22H2,1-2H3. The molecule has 12 nitrogen and oxygen atoms in total. The van der Waals surface area contributed by atoms with Crippen molar-refractivity contribution in [3.8, 4) is 5.75 Å². The molecule has 3 aromatic carbocycles. The van der Waals surface area contributed by atoms with Crippen LogP contribution in [0.15, 0.2) is 109 Å². The molecule has 9 rings (SSSR count). The van der Waals surface area contributed by atoms with Crippen LogP contribution in [0.4, 0.5) is 9.59 Å². The molecule has 12 heteroatoms. The first-order valence-electron chi connectivity index (χ1n) is 32.4. The number of nitrogens with zero attached hydrogens (tertiary/aromatic N) is 3. The zero-order valence-corrected chi connectivity index (χ0v) is 55.0. The summed E-state index contributed by atoms with van der Waals surface area (Å²) in [6.45, 7) is 28.4. The van der Waals surface area contributed by atoms with E-state index in [4.69, 9.17) is 30.2 Å². The molecule has 3 aliphatic rings. The average Bonchev–Trinajstić information content (AvgIpc) is 3.98. The SMILES string of the molecule is Cc1ccccc1CC(Cc1ccc(C2CCC(C)C2)nc1C)NC(=O)OC(C)(C)C.Cc1ccccc1CC(NC(=O)OC(C)(C)C)C(O)c1ccc(C2CCC(C)C2)nc1C.Cc1nc(C2CCC(C)C2)ccc1CC(N)Cc1ccccc1O. The lowest BCUT2D eigenvalue weighted by Gasteiger charge is -2.28. The molecule has 470 valence electrons. The number of benzene rings is 3. The Bertz CT molecular complexity index is 3200. The van der Waals surface area contributed by atoms with E-state index in [2.05, 4.69) is 94.6 Å². The van der Waals surface area contributed by atoms with Crippen molar-refractivity contribution in [2.24, 2.45) is 23.5 Å². The van der Waals surface area contributed by atoms with E-state index >= 15 is 0 Å². The molecule has 3 heterocycles. The molecule has 0 saturated heterocycles. The lowest BCUT2D eigenvalue weighted by molar-refractivity contribution is 0.0418. The highest BCUT2D eigenvalue weighted by molar-refractivity contribution is 5.69. The first-order valence-corrected chi connectivity index (χ1v) is 32.4. The van der Waals surface area contributed by atoms with Crippen molar-refractivity contribution in [1.82, 2.24) is 25.6 Å². The predicted octanol–water partition coefficient (Wildman–Crippen LogP) is 16.2. The van der Waals surface area contributed by atoms with E-state index in [1.165, 1.54) is 91.4 Å². The van der Waals surface area contributed by atoms with Crippen molar-refractivity contribution in [2.45, 2.75) is 240 Å². The van der Waals surface area contributed by atoms with Gasteiger partial charge in [-0.3, -0.25) is 15.0 Å². The lowest BCUT2D eigenvalue weighted by atomic mass is 9.92. The predicted molar refractivity (Wildman–Crippen MR) is 352 cm³/mol. The molecule has 0 spiro atoms. The molecule has 0 aliphatic heterocycles. The molecule has 10 atom stereocenters. The van der Waals surface area contributed by atoms with Gasteiger partial charge in [0.2, 0.25) is 0 Å². The van der Waals surface area contributed by atoms with Gasteiger partial charge < -0.3 is 36.1 Å². The fourth-order valence-electron chi connectivity index (χ4n) is 13.0. The Morgan fingerprint density at radius 3 is 1.32 bits per heavy atom. The maximum absolute atomic E-state index is 12.6. The minimum Gasteiger partial charge on any atom is -0.508 e. The van der Waals surface area contributed by atoms with E-state index in [1.807, 2.05) is 116 Å². The third kappa shape index (κ3) is 21.0. The van der Waals surface area contributed by atoms with Gasteiger partial charge >= 0.3 is 12.2 Å². The number of phenols is 1. The number of alkyl carbamates (subject to hydrolysis) is 2. The number of nitrogens with two attached hydrogens (primary N) is 1. The second-order valence-corrected chi connectivity index (χ2v) is 28.0. The Labute approximate surface area is 521 Å². The Hall–Kier alpha value is -6.63. The van der Waals surface area contributed by atoms with Crippen LogP contribution in [0.3, 0.4) is 0 Å². The van der Waals surface area contributed by atoms with Crippen LogP contribution in [0.1, 0.15) is 223 Å². The van der Waals surface area contributed by atoms with Gasteiger partial charge in [-0.15, -0.1) is 0 Å². The zero-order valence-electron chi connectivity index (χ0n) is 55.0. The Kier molecular flexibility index (Phi) is 24.2. The van der Waals surface area contributed by atoms with Crippen LogP contribution in [0.5, 0.6) is 5.75 Å². The molecule has 3 saturated carbocycles. The normalized spacial score (nSPS) is 20.6. The maximum Gasteiger partial charge on any atom is 0.407 e. The minimum atomic E-state index is -0.897. The third-order valence-corrected chi connectivity index (χ3v) is 17.9. The molecule has 87 heavy (non-hydrogen) atoms. The topological polar surface area (TPSA) is 182 Å². The summed E-state index contributed by atoms with van der Waals surface area (Å²) in [5.41, 5.74) is 20.5. The van der Waals surface area contributed by atoms with Crippen LogP contribution in [-0.2, 0) is 41.6 Å². The molecule has 3 aliphatic carbocycles. The number of carbonyl (C=O) groups excluding carboxylic acids is 2. The number of ether oxygens (including phenoxy) is 2. The Balaban J connectivity index is 0.000000188. The number of aromatic nitrogens is 3. The van der Waals surface area contributed by atoms with E-state index in [9.17, 15) is 19.8 Å². The number of para-hydroxylation sites is 1. The molecule has 3 fully saturated rings. The van der Waals surface area contributed by atoms with Crippen LogP contribution in [0.25, 0.3) is 0 Å². The van der Waals surface area contributed by atoms with Crippen LogP contribution in [0, 0.1) is 52.4 Å². The van der Waals surface area contributed by atoms with Crippen LogP contribution in [-0.4, -0.2) is 66.7 Å². The highest BCUT2D eigenvalue weighted by atomic mass is 16.6. The average molecular weight is 1190 g/mol. The maximum atomic E-state index is 12.6. The van der Waals surface area contributed by atoms with E-state index in [0.29, 0.717) is 36.3 Å². The van der Waals surface area contributed by atoms with Crippen molar-refractivity contribution in [2.75, 3.05) is 0 Å². The van der Waals surface area contributed by atoms with Gasteiger partial charge in [0.1, 0.15) is 23.1 Å². The number of aliphatic hydroxyl groups excluding tert-OH is 1. The summed E-state index contributed by atoms with van der Waals surface area (Å²) in [5.74, 6) is 4.40. The summed E-state index contributed by atoms with van der Waals surface area (Å²) < 4.78 is 11.0. The molecule has 0 radical (unpaired) electrons. The monoisotopic (exact) mass is 1180 g/mol. The number of carbonyl (C=O) groups is 2. The number of aryl methyl sites for hydroxylation is 5. The van der Waals surface area contributed by atoms with Crippen LogP contribution < -0.4 is 16.4 Å². The second kappa shape index (κ2) is 31.0. The van der Waals surface area contributed by atoms with Gasteiger partial charge in [0.25, 0.3) is 0 Å². The van der Waals surface area contributed by atoms with Gasteiger partial charge in [0.15, 0.2) is 0 Å². The van der Waals surface area contributed by atoms with E-state index < -0.39 is 29.4 Å². The van der Waals surface area contributed by atoms with Crippen LogP contribution >= 0.6 is 0 Å². The highest BCUT2D eigenvalue weighted by Crippen LogP contribution is 2.40. The van der Waals surface area contributed by atoms with Gasteiger partial charge in [-0.2, -0.15) is 0 Å². The minimum absolute atomic E-state index is 0.0175. The number of phenolic OH excluding ortho intramolecular Hbond substituents is 1. The summed E-state index contributed by atoms with van der Waals surface area (Å²) in [7, 11) is 0. The molecular formula is C75H104N6O6. The van der Waals surface area contributed by atoms with Crippen molar-refractivity contribution in [3.63, 3.8) is 0 Å². The van der Waals surface area contributed by atoms with E-state index in [0.717, 1.165) is 82.0 Å². The van der Waals surface area contributed by atoms with Gasteiger partial charge in [-0.25, -0.2) is 9.59 Å². The summed E-state index contributed by atoms with van der Waals surface area (Å²) in [4.78, 5) is 39.8. The van der Waals surface area contributed by atoms with E-state index in [1.54, 1.807) is 6.07 Å². The fourth-order valence-corrected chi connectivity index (χ4v) is 13.0. The molecule has 6 N–H and O–H groups in total. The summed E-state index contributed by atoms with van der Waals surface area (Å²) in [5, 5.41) is 27.3. The lowest BCUT2D eigenvalue weighted by Crippen LogP contribution is -2.43. The Morgan fingerprint density at radius 2 is 0.897 bits per heavy atom. The van der Waals surface area contributed by atoms with Crippen molar-refractivity contribution >= 4 is 12.2 Å². The highest BCUT2D eigenvalue weighted by Gasteiger charge is 2.31. The number of pyridine rings is 3. The van der Waals surface area contributed by atoms with Gasteiger partial charge in [-0.1, -0.05) is 125 Å². The molecule has 3 aromatic heterocycles. The molecular weight excluding hydrogens is 1080 g/mol. The number of rotatable bonds is 17. The first-order chi connectivity index (χ1) is 41.2. The fraction of sp³-hybridized carbons (Fsp3) is 0.533. The number of aromatic hydroxyl groups is 1. The quantitative estimate of drug-likeness (QED) is 0.0589. The molecule has 10 unspecified atom stereocenters. The number of hydrogen-bond donors (Lipinski definition) is 5. The number of hydrogen-bond acceptors (Lipinski definition) is 10. The first kappa shape index (κ1) is 67.9. The molecule has 6 aromatic rings. The van der Waals surface area contributed by atoms with E-state index in [-0.39, 0.29) is 18.2 Å². The largest absolute Gasteiger partial charge is 0.508 e. The van der Waals surface area contributed by atoms with Crippen molar-refractivity contribution < 1.29 is 29.3 Å². The van der Waals surface area contributed by atoms with Gasteiger partial charge in [0, 0.05) is 69.6 Å². The number of amides is 2. The summed E-state index contributed by atoms with van der Waals surface area (Å²) in [6, 6.07) is 36.0. The van der Waals surface area contributed by atoms with Gasteiger partial charge in [0.05, 0.1) is 6.04 Å². The van der Waals surface area contributed by atoms with Crippen molar-refractivity contribution in [1.29, 1.82) is 0 Å². The Morgan fingerprint density at radius 1 is 0.506 bits per heavy atom. The number of nitrogens with one attached hydrogen (secondary N) is 2. The zero-order chi connectivity index (χ0) is 63.2. The third-order valence-electron chi connectivity index (χ3n) is 17.9. The number of aliphatic hydroxyl groups is 1. The van der Waals surface area contributed by atoms with Gasteiger partial charge in [-0.05, 0) is 228 Å². The summed E-state index contributed by atoms with van der Waals surface area (Å²) in [6.07, 6.45) is 12.9. The summed E-state index contributed by atoms with van der Waals surface area (Å²) >= 11 is 0. The van der Waals surface area contributed by atoms with Crippen LogP contribution in [0.2, 0.25) is 0 Å². The van der Waals surface area contributed by atoms with Crippen molar-refractivity contribution in [3.05, 3.63) is 188 Å². The second-order valence-electron chi connectivity index (χ2n) is 28.0. The smallest absolute Gasteiger partial charge is 0.407 e. The molecule has 0 bridgehead atoms.